The molecule has 182 valence electrons. The van der Waals surface area contributed by atoms with Gasteiger partial charge >= 0.3 is 12.1 Å². The Morgan fingerprint density at radius 2 is 1.59 bits per heavy atom. The van der Waals surface area contributed by atoms with Crippen LogP contribution in [0.1, 0.15) is 57.1 Å². The van der Waals surface area contributed by atoms with Crippen molar-refractivity contribution in [1.82, 2.24) is 10.2 Å². The van der Waals surface area contributed by atoms with Crippen molar-refractivity contribution in [3.05, 3.63) is 59.7 Å². The molecule has 0 unspecified atom stereocenters. The Balaban J connectivity index is 1.61. The van der Waals surface area contributed by atoms with E-state index in [0.717, 1.165) is 28.7 Å². The molecule has 2 aromatic carbocycles. The zero-order chi connectivity index (χ0) is 24.7. The van der Waals surface area contributed by atoms with Crippen molar-refractivity contribution in [2.24, 2.45) is 5.92 Å². The van der Waals surface area contributed by atoms with Gasteiger partial charge in [0, 0.05) is 31.5 Å². The highest BCUT2D eigenvalue weighted by Gasteiger charge is 2.30. The van der Waals surface area contributed by atoms with Crippen LogP contribution in [0.15, 0.2) is 48.5 Å². The van der Waals surface area contributed by atoms with Crippen molar-refractivity contribution < 1.29 is 24.2 Å². The molecule has 2 aromatic rings. The lowest BCUT2D eigenvalue weighted by Gasteiger charge is -2.27. The predicted molar refractivity (Wildman–Crippen MR) is 131 cm³/mol. The van der Waals surface area contributed by atoms with Crippen LogP contribution in [0.5, 0.6) is 0 Å². The topological polar surface area (TPSA) is 95.9 Å². The summed E-state index contributed by atoms with van der Waals surface area (Å²) in [6.45, 7) is 6.67. The Kier molecular flexibility index (Phi) is 8.68. The minimum atomic E-state index is -0.939. The Hall–Kier alpha value is -3.35. The molecule has 0 radical (unpaired) electrons. The van der Waals surface area contributed by atoms with Crippen LogP contribution in [0.4, 0.5) is 4.79 Å². The normalized spacial score (nSPS) is 13.2. The largest absolute Gasteiger partial charge is 0.481 e. The number of carboxylic acid groups (broad SMARTS) is 1. The zero-order valence-corrected chi connectivity index (χ0v) is 20.1. The van der Waals surface area contributed by atoms with Gasteiger partial charge in [0.15, 0.2) is 0 Å². The summed E-state index contributed by atoms with van der Waals surface area (Å²) < 4.78 is 5.64. The molecule has 0 saturated carbocycles. The highest BCUT2D eigenvalue weighted by molar-refractivity contribution is 5.80. The molecule has 2 N–H and O–H groups in total. The molecule has 0 fully saturated rings. The number of amides is 2. The zero-order valence-electron chi connectivity index (χ0n) is 20.1. The summed E-state index contributed by atoms with van der Waals surface area (Å²) in [5.74, 6) is -1.13. The van der Waals surface area contributed by atoms with E-state index in [9.17, 15) is 14.4 Å². The van der Waals surface area contributed by atoms with E-state index in [0.29, 0.717) is 6.54 Å². The molecule has 0 spiro atoms. The van der Waals surface area contributed by atoms with E-state index < -0.39 is 18.1 Å². The summed E-state index contributed by atoms with van der Waals surface area (Å²) in [7, 11) is 0. The first kappa shape index (κ1) is 25.3. The minimum absolute atomic E-state index is 0.00684. The molecule has 7 nitrogen and oxygen atoms in total. The Labute approximate surface area is 201 Å². The number of aliphatic carboxylic acids is 1. The summed E-state index contributed by atoms with van der Waals surface area (Å²) in [4.78, 5) is 38.0. The average Bonchev–Trinajstić information content (AvgIpc) is 3.13. The summed E-state index contributed by atoms with van der Waals surface area (Å²) in [6, 6.07) is 15.9. The second kappa shape index (κ2) is 11.7. The molecule has 0 saturated heterocycles. The third-order valence-corrected chi connectivity index (χ3v) is 6.29. The van der Waals surface area contributed by atoms with Gasteiger partial charge in [0.05, 0.1) is 6.42 Å². The molecule has 1 atom stereocenters. The second-order valence-corrected chi connectivity index (χ2v) is 9.05. The number of carboxylic acids is 1. The van der Waals surface area contributed by atoms with E-state index >= 15 is 0 Å². The van der Waals surface area contributed by atoms with Gasteiger partial charge in [-0.2, -0.15) is 0 Å². The molecule has 0 aliphatic heterocycles. The van der Waals surface area contributed by atoms with Crippen molar-refractivity contribution in [2.75, 3.05) is 19.7 Å². The second-order valence-electron chi connectivity index (χ2n) is 9.05. The standard InChI is InChI=1S/C27H34N2O5/c1-4-14-29(15-13-26(31)32)25(30)16-24(18(2)3)28-27(33)34-17-23-21-11-7-5-9-19(21)20-10-6-8-12-22(20)23/h5-12,18,23-24H,4,13-17H2,1-3H3,(H,28,33)(H,31,32)/t24-/m0/s1. The number of benzene rings is 2. The van der Waals surface area contributed by atoms with Gasteiger partial charge in [0.2, 0.25) is 5.91 Å². The number of alkyl carbamates (subject to hydrolysis) is 1. The van der Waals surface area contributed by atoms with Gasteiger partial charge in [-0.05, 0) is 34.6 Å². The Morgan fingerprint density at radius 1 is 1.00 bits per heavy atom. The highest BCUT2D eigenvalue weighted by atomic mass is 16.5. The number of carbonyl (C=O) groups excluding carboxylic acids is 2. The molecule has 0 heterocycles. The van der Waals surface area contributed by atoms with Crippen LogP contribution in [0.25, 0.3) is 11.1 Å². The first-order valence-corrected chi connectivity index (χ1v) is 11.9. The summed E-state index contributed by atoms with van der Waals surface area (Å²) in [5.41, 5.74) is 4.60. The van der Waals surface area contributed by atoms with Crippen LogP contribution in [0.2, 0.25) is 0 Å². The monoisotopic (exact) mass is 466 g/mol. The van der Waals surface area contributed by atoms with Gasteiger partial charge in [-0.1, -0.05) is 69.3 Å². The molecular formula is C27H34N2O5. The fourth-order valence-electron chi connectivity index (χ4n) is 4.42. The van der Waals surface area contributed by atoms with Gasteiger partial charge < -0.3 is 20.1 Å². The Bertz CT molecular complexity index is 974. The van der Waals surface area contributed by atoms with Gasteiger partial charge in [0.25, 0.3) is 0 Å². The quantitative estimate of drug-likeness (QED) is 0.502. The predicted octanol–water partition coefficient (Wildman–Crippen LogP) is 4.65. The third-order valence-electron chi connectivity index (χ3n) is 6.29. The molecule has 0 aromatic heterocycles. The van der Waals surface area contributed by atoms with E-state index in [2.05, 4.69) is 29.6 Å². The maximum Gasteiger partial charge on any atom is 0.407 e. The summed E-state index contributed by atoms with van der Waals surface area (Å²) >= 11 is 0. The fourth-order valence-corrected chi connectivity index (χ4v) is 4.42. The van der Waals surface area contributed by atoms with Crippen molar-refractivity contribution >= 4 is 18.0 Å². The van der Waals surface area contributed by atoms with Crippen LogP contribution in [0.3, 0.4) is 0 Å². The van der Waals surface area contributed by atoms with Gasteiger partial charge in [-0.25, -0.2) is 4.79 Å². The number of hydrogen-bond donors (Lipinski definition) is 2. The van der Waals surface area contributed by atoms with Crippen LogP contribution < -0.4 is 5.32 Å². The lowest BCUT2D eigenvalue weighted by molar-refractivity contribution is -0.138. The molecule has 34 heavy (non-hydrogen) atoms. The minimum Gasteiger partial charge on any atom is -0.481 e. The molecule has 1 aliphatic rings. The van der Waals surface area contributed by atoms with Crippen LogP contribution >= 0.6 is 0 Å². The molecular weight excluding hydrogens is 432 g/mol. The maximum atomic E-state index is 12.8. The number of nitrogens with zero attached hydrogens (tertiary/aromatic N) is 1. The lowest BCUT2D eigenvalue weighted by atomic mass is 9.98. The number of rotatable bonds is 11. The molecule has 3 rings (SSSR count). The van der Waals surface area contributed by atoms with E-state index in [1.165, 1.54) is 0 Å². The summed E-state index contributed by atoms with van der Waals surface area (Å²) in [6.07, 6.45) is 0.178. The maximum absolute atomic E-state index is 12.8. The average molecular weight is 467 g/mol. The number of carbonyl (C=O) groups is 3. The van der Waals surface area contributed by atoms with Crippen molar-refractivity contribution in [3.8, 4) is 11.1 Å². The van der Waals surface area contributed by atoms with Gasteiger partial charge in [0.1, 0.15) is 6.61 Å². The van der Waals surface area contributed by atoms with E-state index in [1.54, 1.807) is 4.90 Å². The smallest absolute Gasteiger partial charge is 0.407 e. The third kappa shape index (κ3) is 6.16. The highest BCUT2D eigenvalue weighted by Crippen LogP contribution is 2.44. The number of fused-ring (bicyclic) bond motifs is 3. The van der Waals surface area contributed by atoms with Crippen LogP contribution in [-0.2, 0) is 14.3 Å². The Morgan fingerprint density at radius 3 is 2.12 bits per heavy atom. The van der Waals surface area contributed by atoms with Gasteiger partial charge in [-0.15, -0.1) is 0 Å². The fraction of sp³-hybridized carbons (Fsp3) is 0.444. The number of hydrogen-bond acceptors (Lipinski definition) is 4. The molecule has 1 aliphatic carbocycles. The van der Waals surface area contributed by atoms with Crippen LogP contribution in [-0.4, -0.2) is 53.7 Å². The van der Waals surface area contributed by atoms with Crippen molar-refractivity contribution in [1.29, 1.82) is 0 Å². The van der Waals surface area contributed by atoms with E-state index in [4.69, 9.17) is 9.84 Å². The van der Waals surface area contributed by atoms with Crippen molar-refractivity contribution in [2.45, 2.75) is 52.0 Å². The van der Waals surface area contributed by atoms with E-state index in [1.807, 2.05) is 45.0 Å². The van der Waals surface area contributed by atoms with Crippen LogP contribution in [0, 0.1) is 5.92 Å². The van der Waals surface area contributed by atoms with E-state index in [-0.39, 0.29) is 43.7 Å². The molecule has 0 bridgehead atoms. The molecule has 2 amide bonds. The molecule has 7 heteroatoms. The number of nitrogens with one attached hydrogen (secondary N) is 1. The SMILES string of the molecule is CCCN(CCC(=O)O)C(=O)C[C@H](NC(=O)OCC1c2ccccc2-c2ccccc21)C(C)C. The summed E-state index contributed by atoms with van der Waals surface area (Å²) in [5, 5.41) is 11.8. The van der Waals surface area contributed by atoms with Crippen molar-refractivity contribution in [3.63, 3.8) is 0 Å². The first-order chi connectivity index (χ1) is 16.3. The number of ether oxygens (including phenoxy) is 1. The first-order valence-electron chi connectivity index (χ1n) is 11.9. The van der Waals surface area contributed by atoms with Gasteiger partial charge in [-0.3, -0.25) is 9.59 Å². The lowest BCUT2D eigenvalue weighted by Crippen LogP contribution is -2.44.